The number of nitrogens with zero attached hydrogens (tertiary/aromatic N) is 4. The SMILES string of the molecule is CC(C)N(c1ncnc(N)n1)C(C)C. The number of nitrogen functional groups attached to an aromatic ring is 1. The van der Waals surface area contributed by atoms with Crippen molar-refractivity contribution in [3.05, 3.63) is 6.33 Å². The van der Waals surface area contributed by atoms with Gasteiger partial charge in [-0.15, -0.1) is 0 Å². The second kappa shape index (κ2) is 4.21. The number of nitrogens with two attached hydrogens (primary N) is 1. The summed E-state index contributed by atoms with van der Waals surface area (Å²) < 4.78 is 0. The fourth-order valence-electron chi connectivity index (χ4n) is 1.48. The third-order valence-corrected chi connectivity index (χ3v) is 1.92. The van der Waals surface area contributed by atoms with Crippen molar-refractivity contribution in [3.8, 4) is 0 Å². The van der Waals surface area contributed by atoms with E-state index >= 15 is 0 Å². The standard InChI is InChI=1S/C9H17N5/c1-6(2)14(7(3)4)9-12-5-11-8(10)13-9/h5-7H,1-4H3,(H2,10,11,12,13). The molecule has 1 aromatic heterocycles. The molecule has 0 saturated carbocycles. The molecule has 5 heteroatoms. The van der Waals surface area contributed by atoms with Crippen molar-refractivity contribution in [2.24, 2.45) is 0 Å². The number of hydrogen-bond donors (Lipinski definition) is 1. The maximum atomic E-state index is 5.51. The van der Waals surface area contributed by atoms with E-state index in [0.717, 1.165) is 0 Å². The molecular formula is C9H17N5. The van der Waals surface area contributed by atoms with E-state index in [0.29, 0.717) is 18.0 Å². The summed E-state index contributed by atoms with van der Waals surface area (Å²) in [5.74, 6) is 0.906. The Bertz CT molecular complexity index is 289. The molecule has 0 aromatic carbocycles. The first kappa shape index (κ1) is 10.7. The van der Waals surface area contributed by atoms with Crippen molar-refractivity contribution in [2.75, 3.05) is 10.6 Å². The quantitative estimate of drug-likeness (QED) is 0.781. The summed E-state index contributed by atoms with van der Waals surface area (Å²) in [7, 11) is 0. The Kier molecular flexibility index (Phi) is 3.22. The Morgan fingerprint density at radius 1 is 1.14 bits per heavy atom. The summed E-state index contributed by atoms with van der Waals surface area (Å²) in [4.78, 5) is 14.1. The lowest BCUT2D eigenvalue weighted by molar-refractivity contribution is 0.590. The molecule has 0 aliphatic carbocycles. The summed E-state index contributed by atoms with van der Waals surface area (Å²) in [6.45, 7) is 8.39. The van der Waals surface area contributed by atoms with Crippen LogP contribution in [0, 0.1) is 0 Å². The molecule has 2 N–H and O–H groups in total. The third kappa shape index (κ3) is 2.31. The van der Waals surface area contributed by atoms with E-state index < -0.39 is 0 Å². The normalized spacial score (nSPS) is 11.0. The van der Waals surface area contributed by atoms with Crippen LogP contribution in [-0.2, 0) is 0 Å². The molecule has 78 valence electrons. The second-order valence-electron chi connectivity index (χ2n) is 3.74. The van der Waals surface area contributed by atoms with Crippen LogP contribution >= 0.6 is 0 Å². The molecule has 14 heavy (non-hydrogen) atoms. The molecule has 0 saturated heterocycles. The smallest absolute Gasteiger partial charge is 0.230 e. The molecule has 0 aliphatic rings. The summed E-state index contributed by atoms with van der Waals surface area (Å²) in [5, 5.41) is 0. The first-order chi connectivity index (χ1) is 6.52. The minimum atomic E-state index is 0.265. The Labute approximate surface area is 84.4 Å². The zero-order valence-corrected chi connectivity index (χ0v) is 9.10. The molecule has 0 spiro atoms. The van der Waals surface area contributed by atoms with E-state index in [9.17, 15) is 0 Å². The van der Waals surface area contributed by atoms with Crippen molar-refractivity contribution in [1.29, 1.82) is 0 Å². The van der Waals surface area contributed by atoms with E-state index in [4.69, 9.17) is 5.73 Å². The van der Waals surface area contributed by atoms with Gasteiger partial charge in [0.25, 0.3) is 0 Å². The molecule has 1 rings (SSSR count). The minimum Gasteiger partial charge on any atom is -0.368 e. The molecule has 0 atom stereocenters. The molecule has 5 nitrogen and oxygen atoms in total. The van der Waals surface area contributed by atoms with Gasteiger partial charge in [-0.3, -0.25) is 0 Å². The van der Waals surface area contributed by atoms with Gasteiger partial charge in [-0.25, -0.2) is 9.97 Å². The van der Waals surface area contributed by atoms with Crippen LogP contribution in [0.1, 0.15) is 27.7 Å². The van der Waals surface area contributed by atoms with Crippen LogP contribution in [0.3, 0.4) is 0 Å². The average Bonchev–Trinajstić information content (AvgIpc) is 2.02. The minimum absolute atomic E-state index is 0.265. The van der Waals surface area contributed by atoms with Crippen LogP contribution in [0.4, 0.5) is 11.9 Å². The van der Waals surface area contributed by atoms with Crippen LogP contribution in [-0.4, -0.2) is 27.0 Å². The van der Waals surface area contributed by atoms with Crippen LogP contribution in [0.25, 0.3) is 0 Å². The van der Waals surface area contributed by atoms with Gasteiger partial charge in [-0.1, -0.05) is 0 Å². The molecule has 1 aromatic rings. The molecule has 0 radical (unpaired) electrons. The van der Waals surface area contributed by atoms with Crippen molar-refractivity contribution < 1.29 is 0 Å². The Balaban J connectivity index is 2.99. The van der Waals surface area contributed by atoms with Gasteiger partial charge in [0.2, 0.25) is 11.9 Å². The van der Waals surface area contributed by atoms with E-state index in [1.807, 2.05) is 0 Å². The van der Waals surface area contributed by atoms with Crippen LogP contribution < -0.4 is 10.6 Å². The van der Waals surface area contributed by atoms with E-state index in [-0.39, 0.29) is 5.95 Å². The molecule has 0 fully saturated rings. The lowest BCUT2D eigenvalue weighted by Crippen LogP contribution is -2.38. The molecule has 1 heterocycles. The molecule has 0 unspecified atom stereocenters. The predicted molar refractivity (Wildman–Crippen MR) is 57.0 cm³/mol. The molecule has 0 aliphatic heterocycles. The summed E-state index contributed by atoms with van der Waals surface area (Å²) in [6, 6.07) is 0.689. The van der Waals surface area contributed by atoms with Gasteiger partial charge in [0.1, 0.15) is 6.33 Å². The highest BCUT2D eigenvalue weighted by atomic mass is 15.3. The van der Waals surface area contributed by atoms with Gasteiger partial charge in [0, 0.05) is 12.1 Å². The van der Waals surface area contributed by atoms with Gasteiger partial charge in [0.05, 0.1) is 0 Å². The topological polar surface area (TPSA) is 67.9 Å². The summed E-state index contributed by atoms with van der Waals surface area (Å²) >= 11 is 0. The Morgan fingerprint density at radius 3 is 2.14 bits per heavy atom. The number of hydrogen-bond acceptors (Lipinski definition) is 5. The zero-order valence-electron chi connectivity index (χ0n) is 9.10. The zero-order chi connectivity index (χ0) is 10.7. The average molecular weight is 195 g/mol. The molecular weight excluding hydrogens is 178 g/mol. The molecule has 0 bridgehead atoms. The number of aromatic nitrogens is 3. The summed E-state index contributed by atoms with van der Waals surface area (Å²) in [6.07, 6.45) is 1.44. The lowest BCUT2D eigenvalue weighted by Gasteiger charge is -2.30. The molecule has 0 amide bonds. The lowest BCUT2D eigenvalue weighted by atomic mass is 10.2. The maximum Gasteiger partial charge on any atom is 0.230 e. The van der Waals surface area contributed by atoms with Gasteiger partial charge in [0.15, 0.2) is 0 Å². The Morgan fingerprint density at radius 2 is 1.71 bits per heavy atom. The van der Waals surface area contributed by atoms with Crippen molar-refractivity contribution in [3.63, 3.8) is 0 Å². The predicted octanol–water partition coefficient (Wildman–Crippen LogP) is 1.08. The second-order valence-corrected chi connectivity index (χ2v) is 3.74. The first-order valence-electron chi connectivity index (χ1n) is 4.75. The van der Waals surface area contributed by atoms with Gasteiger partial charge in [-0.2, -0.15) is 4.98 Å². The van der Waals surface area contributed by atoms with E-state index in [1.165, 1.54) is 6.33 Å². The van der Waals surface area contributed by atoms with Crippen LogP contribution in [0.2, 0.25) is 0 Å². The highest BCUT2D eigenvalue weighted by molar-refractivity contribution is 5.35. The van der Waals surface area contributed by atoms with Crippen LogP contribution in [0.5, 0.6) is 0 Å². The first-order valence-corrected chi connectivity index (χ1v) is 4.75. The van der Waals surface area contributed by atoms with Crippen molar-refractivity contribution in [2.45, 2.75) is 39.8 Å². The fourth-order valence-corrected chi connectivity index (χ4v) is 1.48. The fraction of sp³-hybridized carbons (Fsp3) is 0.667. The van der Waals surface area contributed by atoms with Crippen LogP contribution in [0.15, 0.2) is 6.33 Å². The third-order valence-electron chi connectivity index (χ3n) is 1.92. The van der Waals surface area contributed by atoms with Gasteiger partial charge < -0.3 is 10.6 Å². The van der Waals surface area contributed by atoms with Gasteiger partial charge >= 0.3 is 0 Å². The van der Waals surface area contributed by atoms with Crippen molar-refractivity contribution in [1.82, 2.24) is 15.0 Å². The van der Waals surface area contributed by atoms with E-state index in [1.54, 1.807) is 0 Å². The highest BCUT2D eigenvalue weighted by Crippen LogP contribution is 2.14. The van der Waals surface area contributed by atoms with Crippen molar-refractivity contribution >= 4 is 11.9 Å². The monoisotopic (exact) mass is 195 g/mol. The largest absolute Gasteiger partial charge is 0.368 e. The maximum absolute atomic E-state index is 5.51. The summed E-state index contributed by atoms with van der Waals surface area (Å²) in [5.41, 5.74) is 5.51. The van der Waals surface area contributed by atoms with Gasteiger partial charge in [-0.05, 0) is 27.7 Å². The Hall–Kier alpha value is -1.39. The number of anilines is 2. The number of rotatable bonds is 3. The highest BCUT2D eigenvalue weighted by Gasteiger charge is 2.16. The van der Waals surface area contributed by atoms with E-state index in [2.05, 4.69) is 47.5 Å².